The van der Waals surface area contributed by atoms with Crippen LogP contribution in [0.1, 0.15) is 18.5 Å². The Bertz CT molecular complexity index is 1280. The zero-order valence-electron chi connectivity index (χ0n) is 17.3. The third kappa shape index (κ3) is 3.62. The average Bonchev–Trinajstić information content (AvgIpc) is 3.23. The van der Waals surface area contributed by atoms with E-state index in [1.807, 2.05) is 37.3 Å². The molecule has 32 heavy (non-hydrogen) atoms. The lowest BCUT2D eigenvalue weighted by molar-refractivity contribution is -0.118. The molecule has 0 radical (unpaired) electrons. The van der Waals surface area contributed by atoms with Crippen LogP contribution in [0, 0.1) is 5.92 Å². The van der Waals surface area contributed by atoms with Crippen molar-refractivity contribution in [3.05, 3.63) is 84.7 Å². The number of rotatable bonds is 4. The minimum Gasteiger partial charge on any atom is -0.508 e. The smallest absolute Gasteiger partial charge is 0.248 e. The minimum atomic E-state index is -0.584. The lowest BCUT2D eigenvalue weighted by Crippen LogP contribution is -2.39. The van der Waals surface area contributed by atoms with Crippen molar-refractivity contribution >= 4 is 23.3 Å². The summed E-state index contributed by atoms with van der Waals surface area (Å²) in [5.41, 5.74) is 2.95. The Balaban J connectivity index is 1.58. The van der Waals surface area contributed by atoms with Crippen molar-refractivity contribution in [2.75, 3.05) is 5.32 Å². The molecule has 1 aliphatic rings. The van der Waals surface area contributed by atoms with Gasteiger partial charge in [-0.3, -0.25) is 9.78 Å². The van der Waals surface area contributed by atoms with Crippen LogP contribution < -0.4 is 5.32 Å². The van der Waals surface area contributed by atoms with Gasteiger partial charge in [-0.05, 0) is 48.9 Å². The molecule has 0 spiro atoms. The summed E-state index contributed by atoms with van der Waals surface area (Å²) in [6.07, 6.45) is 3.26. The maximum absolute atomic E-state index is 13.4. The Morgan fingerprint density at radius 2 is 1.81 bits per heavy atom. The van der Waals surface area contributed by atoms with Crippen molar-refractivity contribution < 1.29 is 9.90 Å². The average molecular weight is 424 g/mol. The molecule has 5 rings (SSSR count). The molecular weight excluding hydrogens is 404 g/mol. The monoisotopic (exact) mass is 424 g/mol. The molecule has 2 unspecified atom stereocenters. The third-order valence-electron chi connectivity index (χ3n) is 5.40. The molecule has 8 nitrogen and oxygen atoms in total. The van der Waals surface area contributed by atoms with Gasteiger partial charge in [0.15, 0.2) is 5.82 Å². The topological polar surface area (TPSA) is 105 Å². The van der Waals surface area contributed by atoms with Gasteiger partial charge in [0.1, 0.15) is 11.7 Å². The van der Waals surface area contributed by atoms with E-state index in [2.05, 4.69) is 20.3 Å². The number of aromatic nitrogens is 4. The molecular formula is C24H20N6O2. The first-order valence-corrected chi connectivity index (χ1v) is 10.2. The van der Waals surface area contributed by atoms with Gasteiger partial charge in [-0.25, -0.2) is 9.67 Å². The Kier molecular flexibility index (Phi) is 4.95. The molecule has 0 aliphatic carbocycles. The third-order valence-corrected chi connectivity index (χ3v) is 5.40. The summed E-state index contributed by atoms with van der Waals surface area (Å²) in [5, 5.41) is 17.2. The SMILES string of the molecule is CC1=Nc2nc(-c3ccc(O)cc3)nn2C(c2ccccc2)C1C(=O)Nc1cccnc1. The van der Waals surface area contributed by atoms with Gasteiger partial charge in [-0.15, -0.1) is 5.10 Å². The van der Waals surface area contributed by atoms with Gasteiger partial charge in [-0.2, -0.15) is 4.98 Å². The number of benzene rings is 2. The van der Waals surface area contributed by atoms with Gasteiger partial charge in [0.25, 0.3) is 0 Å². The Hall–Kier alpha value is -4.33. The van der Waals surface area contributed by atoms with Crippen molar-refractivity contribution in [1.82, 2.24) is 19.7 Å². The van der Waals surface area contributed by atoms with Gasteiger partial charge in [-0.1, -0.05) is 30.3 Å². The van der Waals surface area contributed by atoms with E-state index >= 15 is 0 Å². The first-order valence-electron chi connectivity index (χ1n) is 10.2. The maximum Gasteiger partial charge on any atom is 0.248 e. The fraction of sp³-hybridized carbons (Fsp3) is 0.125. The largest absolute Gasteiger partial charge is 0.508 e. The predicted molar refractivity (Wildman–Crippen MR) is 121 cm³/mol. The Labute approximate surface area is 184 Å². The summed E-state index contributed by atoms with van der Waals surface area (Å²) in [7, 11) is 0. The van der Waals surface area contributed by atoms with Crippen LogP contribution in [-0.2, 0) is 4.79 Å². The van der Waals surface area contributed by atoms with Crippen LogP contribution in [-0.4, -0.2) is 36.5 Å². The number of carbonyl (C=O) groups is 1. The van der Waals surface area contributed by atoms with E-state index in [1.165, 1.54) is 0 Å². The van der Waals surface area contributed by atoms with E-state index in [1.54, 1.807) is 53.5 Å². The highest BCUT2D eigenvalue weighted by atomic mass is 16.3. The molecule has 0 fully saturated rings. The summed E-state index contributed by atoms with van der Waals surface area (Å²) < 4.78 is 1.71. The second-order valence-corrected chi connectivity index (χ2v) is 7.54. The zero-order valence-corrected chi connectivity index (χ0v) is 17.3. The van der Waals surface area contributed by atoms with Crippen molar-refractivity contribution in [3.8, 4) is 17.1 Å². The molecule has 0 bridgehead atoms. The van der Waals surface area contributed by atoms with Gasteiger partial charge in [0.05, 0.1) is 17.9 Å². The predicted octanol–water partition coefficient (Wildman–Crippen LogP) is 4.00. The van der Waals surface area contributed by atoms with Crippen molar-refractivity contribution in [3.63, 3.8) is 0 Å². The minimum absolute atomic E-state index is 0.167. The van der Waals surface area contributed by atoms with E-state index in [0.717, 1.165) is 11.1 Å². The van der Waals surface area contributed by atoms with Gasteiger partial charge in [0.2, 0.25) is 11.9 Å². The summed E-state index contributed by atoms with van der Waals surface area (Å²) in [4.78, 5) is 26.6. The highest BCUT2D eigenvalue weighted by molar-refractivity contribution is 6.10. The van der Waals surface area contributed by atoms with Crippen molar-refractivity contribution in [2.45, 2.75) is 13.0 Å². The zero-order chi connectivity index (χ0) is 22.1. The lowest BCUT2D eigenvalue weighted by Gasteiger charge is -2.30. The van der Waals surface area contributed by atoms with Crippen LogP contribution in [0.5, 0.6) is 5.75 Å². The number of hydrogen-bond acceptors (Lipinski definition) is 6. The summed E-state index contributed by atoms with van der Waals surface area (Å²) >= 11 is 0. The van der Waals surface area contributed by atoms with Crippen LogP contribution in [0.25, 0.3) is 11.4 Å². The second-order valence-electron chi connectivity index (χ2n) is 7.54. The van der Waals surface area contributed by atoms with Crippen LogP contribution >= 0.6 is 0 Å². The molecule has 2 N–H and O–H groups in total. The molecule has 1 amide bonds. The van der Waals surface area contributed by atoms with E-state index in [-0.39, 0.29) is 11.7 Å². The number of hydrogen-bond donors (Lipinski definition) is 2. The van der Waals surface area contributed by atoms with Crippen molar-refractivity contribution in [1.29, 1.82) is 0 Å². The van der Waals surface area contributed by atoms with Gasteiger partial charge < -0.3 is 10.4 Å². The molecule has 3 heterocycles. The summed E-state index contributed by atoms with van der Waals surface area (Å²) in [6.45, 7) is 1.84. The first-order chi connectivity index (χ1) is 15.6. The second kappa shape index (κ2) is 8.07. The molecule has 0 saturated heterocycles. The molecule has 158 valence electrons. The summed E-state index contributed by atoms with van der Waals surface area (Å²) in [6, 6.07) is 19.6. The van der Waals surface area contributed by atoms with E-state index in [9.17, 15) is 9.90 Å². The van der Waals surface area contributed by atoms with E-state index < -0.39 is 12.0 Å². The molecule has 0 saturated carbocycles. The van der Waals surface area contributed by atoms with Gasteiger partial charge >= 0.3 is 0 Å². The number of nitrogens with one attached hydrogen (secondary N) is 1. The first kappa shape index (κ1) is 19.6. The van der Waals surface area contributed by atoms with Crippen LogP contribution in [0.3, 0.4) is 0 Å². The van der Waals surface area contributed by atoms with Crippen molar-refractivity contribution in [2.24, 2.45) is 10.9 Å². The number of pyridine rings is 1. The molecule has 2 atom stereocenters. The van der Waals surface area contributed by atoms with Crippen LogP contribution in [0.4, 0.5) is 11.6 Å². The molecule has 1 aliphatic heterocycles. The highest BCUT2D eigenvalue weighted by Gasteiger charge is 2.39. The number of nitrogens with zero attached hydrogens (tertiary/aromatic N) is 5. The number of anilines is 1. The number of carbonyl (C=O) groups excluding carboxylic acids is 1. The van der Waals surface area contributed by atoms with Crippen LogP contribution in [0.15, 0.2) is 84.1 Å². The molecule has 2 aromatic carbocycles. The van der Waals surface area contributed by atoms with Crippen LogP contribution in [0.2, 0.25) is 0 Å². The normalized spacial score (nSPS) is 17.3. The quantitative estimate of drug-likeness (QED) is 0.515. The Morgan fingerprint density at radius 3 is 2.53 bits per heavy atom. The number of phenols is 1. The number of phenolic OH excluding ortho intramolecular Hbond substituents is 1. The summed E-state index contributed by atoms with van der Waals surface area (Å²) in [5.74, 6) is 0.302. The van der Waals surface area contributed by atoms with Gasteiger partial charge in [0, 0.05) is 17.5 Å². The van der Waals surface area contributed by atoms with E-state index in [0.29, 0.717) is 23.2 Å². The molecule has 8 heteroatoms. The highest BCUT2D eigenvalue weighted by Crippen LogP contribution is 2.37. The fourth-order valence-corrected chi connectivity index (χ4v) is 3.88. The maximum atomic E-state index is 13.4. The van der Waals surface area contributed by atoms with E-state index in [4.69, 9.17) is 5.10 Å². The Morgan fingerprint density at radius 1 is 1.03 bits per heavy atom. The molecule has 2 aromatic heterocycles. The number of aromatic hydroxyl groups is 1. The lowest BCUT2D eigenvalue weighted by atomic mass is 9.87. The number of amides is 1. The number of aliphatic imine (C=N–C) groups is 1. The molecule has 4 aromatic rings. The number of fused-ring (bicyclic) bond motifs is 1. The fourth-order valence-electron chi connectivity index (χ4n) is 3.88. The standard InChI is InChI=1S/C24H20N6O2/c1-15-20(23(32)27-18-8-5-13-25-14-18)21(16-6-3-2-4-7-16)30-24(26-15)28-22(29-30)17-9-11-19(31)12-10-17/h2-14,20-21,31H,1H3,(H,27,32).